The van der Waals surface area contributed by atoms with Crippen LogP contribution >= 0.6 is 0 Å². The number of nitrogens with one attached hydrogen (secondary N) is 1. The Bertz CT molecular complexity index is 299. The third-order valence-corrected chi connectivity index (χ3v) is 2.61. The zero-order chi connectivity index (χ0) is 11.3. The minimum absolute atomic E-state index is 0.544. The van der Waals surface area contributed by atoms with Gasteiger partial charge in [0, 0.05) is 18.3 Å². The van der Waals surface area contributed by atoms with Crippen LogP contribution in [0.5, 0.6) is 0 Å². The summed E-state index contributed by atoms with van der Waals surface area (Å²) in [6.07, 6.45) is 0. The van der Waals surface area contributed by atoms with E-state index in [1.165, 1.54) is 11.1 Å². The molecule has 1 nitrogen and oxygen atoms in total. The highest BCUT2D eigenvalue weighted by Crippen LogP contribution is 2.22. The van der Waals surface area contributed by atoms with E-state index >= 15 is 0 Å². The minimum atomic E-state index is 0.544. The van der Waals surface area contributed by atoms with Crippen molar-refractivity contribution in [3.63, 3.8) is 0 Å². The number of likely N-dealkylation sites (N-methyl/N-ethyl adjacent to an activating group) is 1. The molecule has 0 heterocycles. The van der Waals surface area contributed by atoms with Crippen molar-refractivity contribution in [1.82, 2.24) is 5.32 Å². The summed E-state index contributed by atoms with van der Waals surface area (Å²) < 4.78 is 0. The van der Waals surface area contributed by atoms with Crippen molar-refractivity contribution in [3.05, 3.63) is 41.3 Å². The maximum Gasteiger partial charge on any atom is 0.0419 e. The van der Waals surface area contributed by atoms with Crippen LogP contribution in [0.3, 0.4) is 0 Å². The second-order valence-electron chi connectivity index (χ2n) is 3.74. The molecule has 0 fully saturated rings. The van der Waals surface area contributed by atoms with Gasteiger partial charge in [0.2, 0.25) is 0 Å². The van der Waals surface area contributed by atoms with E-state index in [-0.39, 0.29) is 0 Å². The minimum Gasteiger partial charge on any atom is -0.388 e. The number of hydrogen-bond donors (Lipinski definition) is 1. The zero-order valence-corrected chi connectivity index (χ0v) is 9.99. The van der Waals surface area contributed by atoms with E-state index in [0.717, 1.165) is 11.3 Å². The standard InChI is InChI=1S/C13H21N/c1-8-13(12(6)14-7)11(5)10(4)9(2)3/h9,14H,1,6H2,2-5,7H3/b11-10-. The van der Waals surface area contributed by atoms with Gasteiger partial charge >= 0.3 is 0 Å². The highest BCUT2D eigenvalue weighted by atomic mass is 14.8. The van der Waals surface area contributed by atoms with E-state index in [9.17, 15) is 0 Å². The van der Waals surface area contributed by atoms with Crippen LogP contribution in [0.4, 0.5) is 0 Å². The summed E-state index contributed by atoms with van der Waals surface area (Å²) in [5.41, 5.74) is 7.36. The molecule has 0 spiro atoms. The average molecular weight is 191 g/mol. The smallest absolute Gasteiger partial charge is 0.0419 e. The molecule has 1 N–H and O–H groups in total. The molecule has 78 valence electrons. The van der Waals surface area contributed by atoms with Crippen LogP contribution in [-0.2, 0) is 0 Å². The fourth-order valence-electron chi connectivity index (χ4n) is 1.22. The Kier molecular flexibility index (Phi) is 5.04. The van der Waals surface area contributed by atoms with Crippen molar-refractivity contribution < 1.29 is 0 Å². The number of rotatable bonds is 4. The Morgan fingerprint density at radius 1 is 1.29 bits per heavy atom. The Labute approximate surface area is 87.9 Å². The Morgan fingerprint density at radius 3 is 2.07 bits per heavy atom. The van der Waals surface area contributed by atoms with Crippen LogP contribution in [0.2, 0.25) is 0 Å². The molecule has 0 radical (unpaired) electrons. The van der Waals surface area contributed by atoms with E-state index in [2.05, 4.69) is 51.9 Å². The van der Waals surface area contributed by atoms with Crippen molar-refractivity contribution in [2.24, 2.45) is 5.92 Å². The summed E-state index contributed by atoms with van der Waals surface area (Å²) in [5, 5.41) is 3.02. The monoisotopic (exact) mass is 191 g/mol. The molecule has 0 bridgehead atoms. The Hall–Kier alpha value is -1.20. The molecule has 14 heavy (non-hydrogen) atoms. The van der Waals surface area contributed by atoms with Gasteiger partial charge < -0.3 is 5.32 Å². The molecule has 0 atom stereocenters. The quantitative estimate of drug-likeness (QED) is 0.530. The summed E-state index contributed by atoms with van der Waals surface area (Å²) >= 11 is 0. The van der Waals surface area contributed by atoms with Crippen LogP contribution < -0.4 is 5.32 Å². The molecule has 0 aromatic rings. The molecular formula is C13H21N. The molecule has 0 aromatic carbocycles. The van der Waals surface area contributed by atoms with Gasteiger partial charge in [-0.1, -0.05) is 32.6 Å². The second-order valence-corrected chi connectivity index (χ2v) is 3.74. The normalized spacial score (nSPS) is 11.9. The summed E-state index contributed by atoms with van der Waals surface area (Å²) in [4.78, 5) is 0. The predicted octanol–water partition coefficient (Wildman–Crippen LogP) is 3.42. The van der Waals surface area contributed by atoms with Gasteiger partial charge in [0.1, 0.15) is 0 Å². The molecule has 0 amide bonds. The van der Waals surface area contributed by atoms with E-state index < -0.39 is 0 Å². The Balaban J connectivity index is 5.19. The summed E-state index contributed by atoms with van der Waals surface area (Å²) in [7, 11) is 1.86. The van der Waals surface area contributed by atoms with Gasteiger partial charge in [-0.2, -0.15) is 0 Å². The molecule has 0 aliphatic carbocycles. The van der Waals surface area contributed by atoms with Gasteiger partial charge in [-0.25, -0.2) is 0 Å². The third kappa shape index (κ3) is 2.93. The molecule has 0 aliphatic rings. The molecule has 0 rings (SSSR count). The Morgan fingerprint density at radius 2 is 1.79 bits per heavy atom. The van der Waals surface area contributed by atoms with Crippen LogP contribution in [-0.4, -0.2) is 7.05 Å². The summed E-state index contributed by atoms with van der Waals surface area (Å²) in [6, 6.07) is 0. The highest BCUT2D eigenvalue weighted by Gasteiger charge is 2.08. The highest BCUT2D eigenvalue weighted by molar-refractivity contribution is 5.44. The molecule has 0 saturated heterocycles. The number of allylic oxidation sites excluding steroid dienone is 2. The molecule has 0 unspecified atom stereocenters. The number of hydrogen-bond acceptors (Lipinski definition) is 1. The van der Waals surface area contributed by atoms with Gasteiger partial charge in [-0.05, 0) is 25.3 Å². The molecule has 0 aliphatic heterocycles. The largest absolute Gasteiger partial charge is 0.388 e. The second kappa shape index (κ2) is 5.51. The predicted molar refractivity (Wildman–Crippen MR) is 64.1 cm³/mol. The first-order valence-corrected chi connectivity index (χ1v) is 4.90. The molecular weight excluding hydrogens is 170 g/mol. The maximum atomic E-state index is 3.92. The van der Waals surface area contributed by atoms with Crippen LogP contribution in [0.25, 0.3) is 0 Å². The lowest BCUT2D eigenvalue weighted by molar-refractivity contribution is 0.757. The van der Waals surface area contributed by atoms with Gasteiger partial charge in [0.25, 0.3) is 0 Å². The van der Waals surface area contributed by atoms with Gasteiger partial charge in [0.05, 0.1) is 0 Å². The van der Waals surface area contributed by atoms with E-state index in [4.69, 9.17) is 0 Å². The molecule has 0 saturated carbocycles. The fraction of sp³-hybridized carbons (Fsp3) is 0.462. The van der Waals surface area contributed by atoms with Gasteiger partial charge in [-0.3, -0.25) is 0 Å². The van der Waals surface area contributed by atoms with E-state index in [1.54, 1.807) is 0 Å². The van der Waals surface area contributed by atoms with E-state index in [1.807, 2.05) is 7.05 Å². The van der Waals surface area contributed by atoms with Crippen molar-refractivity contribution >= 4 is 0 Å². The zero-order valence-electron chi connectivity index (χ0n) is 9.99. The average Bonchev–Trinajstić information content (AvgIpc) is 2.16. The summed E-state index contributed by atoms with van der Waals surface area (Å²) in [6.45, 7) is 16.2. The SMILES string of the molecule is C=C=C(C(=C)NC)/C(C)=C(/C)C(C)C. The van der Waals surface area contributed by atoms with Crippen LogP contribution in [0, 0.1) is 5.92 Å². The lowest BCUT2D eigenvalue weighted by Crippen LogP contribution is -2.08. The first-order chi connectivity index (χ1) is 6.45. The third-order valence-electron chi connectivity index (χ3n) is 2.61. The summed E-state index contributed by atoms with van der Waals surface area (Å²) in [5.74, 6) is 0.544. The van der Waals surface area contributed by atoms with E-state index in [0.29, 0.717) is 5.92 Å². The van der Waals surface area contributed by atoms with Gasteiger partial charge in [-0.15, -0.1) is 5.73 Å². The lowest BCUT2D eigenvalue weighted by Gasteiger charge is -2.14. The maximum absolute atomic E-state index is 3.92. The van der Waals surface area contributed by atoms with Crippen molar-refractivity contribution in [2.75, 3.05) is 7.05 Å². The first kappa shape index (κ1) is 12.8. The van der Waals surface area contributed by atoms with Crippen LogP contribution in [0.1, 0.15) is 27.7 Å². The van der Waals surface area contributed by atoms with Crippen LogP contribution in [0.15, 0.2) is 41.3 Å². The topological polar surface area (TPSA) is 12.0 Å². The fourth-order valence-corrected chi connectivity index (χ4v) is 1.22. The van der Waals surface area contributed by atoms with Crippen molar-refractivity contribution in [1.29, 1.82) is 0 Å². The molecule has 1 heteroatoms. The first-order valence-electron chi connectivity index (χ1n) is 4.90. The lowest BCUT2D eigenvalue weighted by atomic mass is 9.94. The van der Waals surface area contributed by atoms with Gasteiger partial charge in [0.15, 0.2) is 0 Å². The molecule has 0 aromatic heterocycles. The van der Waals surface area contributed by atoms with Crippen molar-refractivity contribution in [2.45, 2.75) is 27.7 Å². The van der Waals surface area contributed by atoms with Crippen molar-refractivity contribution in [3.8, 4) is 0 Å².